The Morgan fingerprint density at radius 3 is 2.08 bits per heavy atom. The minimum atomic E-state index is -2.14. The Morgan fingerprint density at radius 2 is 1.50 bits per heavy atom. The summed E-state index contributed by atoms with van der Waals surface area (Å²) in [4.78, 5) is 0. The summed E-state index contributed by atoms with van der Waals surface area (Å²) in [6.45, 7) is 4.06. The van der Waals surface area contributed by atoms with Gasteiger partial charge in [0.2, 0.25) is 5.82 Å². The first kappa shape index (κ1) is 16.7. The van der Waals surface area contributed by atoms with Crippen molar-refractivity contribution in [2.24, 2.45) is 5.92 Å². The van der Waals surface area contributed by atoms with Crippen molar-refractivity contribution in [3.63, 3.8) is 0 Å². The van der Waals surface area contributed by atoms with E-state index in [1.807, 2.05) is 13.8 Å². The summed E-state index contributed by atoms with van der Waals surface area (Å²) in [5.74, 6) is -9.31. The zero-order chi connectivity index (χ0) is 17.6. The van der Waals surface area contributed by atoms with Crippen LogP contribution in [-0.4, -0.2) is 0 Å². The molecule has 0 fully saturated rings. The van der Waals surface area contributed by atoms with Gasteiger partial charge in [0.15, 0.2) is 23.3 Å². The van der Waals surface area contributed by atoms with Gasteiger partial charge in [-0.25, -0.2) is 22.0 Å². The molecule has 0 N–H and O–H groups in total. The van der Waals surface area contributed by atoms with E-state index < -0.39 is 34.6 Å². The van der Waals surface area contributed by atoms with E-state index in [-0.39, 0.29) is 11.5 Å². The van der Waals surface area contributed by atoms with E-state index in [2.05, 4.69) is 0 Å². The van der Waals surface area contributed by atoms with Gasteiger partial charge >= 0.3 is 0 Å². The average Bonchev–Trinajstić information content (AvgIpc) is 3.02. The summed E-state index contributed by atoms with van der Waals surface area (Å²) >= 11 is 0. The molecule has 0 bridgehead atoms. The Balaban J connectivity index is 2.25. The third-order valence-electron chi connectivity index (χ3n) is 4.65. The standard InChI is InChI=1S/C19H15F5/c1-3-9(2)11-7-10-5-4-6-12(13(10)8-11)14-15(20)17(22)19(24)18(23)16(14)21/h4-6,8-9H,3,7H2,1-2H3. The largest absolute Gasteiger partial charge is 0.203 e. The molecule has 0 saturated carbocycles. The molecular weight excluding hydrogens is 323 g/mol. The molecule has 1 atom stereocenters. The molecule has 1 aliphatic rings. The van der Waals surface area contributed by atoms with Gasteiger partial charge in [0, 0.05) is 0 Å². The number of halogens is 5. The highest BCUT2D eigenvalue weighted by atomic mass is 19.2. The highest BCUT2D eigenvalue weighted by Crippen LogP contribution is 2.40. The summed E-state index contributed by atoms with van der Waals surface area (Å²) < 4.78 is 68.6. The summed E-state index contributed by atoms with van der Waals surface area (Å²) in [5, 5.41) is 0. The normalized spacial score (nSPS) is 14.5. The zero-order valence-corrected chi connectivity index (χ0v) is 13.2. The van der Waals surface area contributed by atoms with Crippen LogP contribution in [0.25, 0.3) is 17.2 Å². The van der Waals surface area contributed by atoms with Gasteiger partial charge in [0.25, 0.3) is 0 Å². The molecule has 0 aromatic heterocycles. The fourth-order valence-corrected chi connectivity index (χ4v) is 3.03. The first-order chi connectivity index (χ1) is 11.4. The highest BCUT2D eigenvalue weighted by Gasteiger charge is 2.29. The molecule has 0 radical (unpaired) electrons. The Kier molecular flexibility index (Phi) is 4.20. The fraction of sp³-hybridized carbons (Fsp3) is 0.263. The lowest BCUT2D eigenvalue weighted by Crippen LogP contribution is -2.05. The van der Waals surface area contributed by atoms with Gasteiger partial charge in [0.05, 0.1) is 5.56 Å². The maximum atomic E-state index is 14.1. The Labute approximate surface area is 136 Å². The second-order valence-electron chi connectivity index (χ2n) is 6.03. The first-order valence-corrected chi connectivity index (χ1v) is 7.70. The van der Waals surface area contributed by atoms with Gasteiger partial charge in [-0.3, -0.25) is 0 Å². The molecule has 0 saturated heterocycles. The van der Waals surface area contributed by atoms with Crippen LogP contribution in [-0.2, 0) is 6.42 Å². The first-order valence-electron chi connectivity index (χ1n) is 7.70. The van der Waals surface area contributed by atoms with Crippen molar-refractivity contribution in [1.29, 1.82) is 0 Å². The van der Waals surface area contributed by atoms with E-state index in [1.165, 1.54) is 6.07 Å². The van der Waals surface area contributed by atoms with Crippen molar-refractivity contribution < 1.29 is 22.0 Å². The van der Waals surface area contributed by atoms with Crippen LogP contribution in [0.5, 0.6) is 0 Å². The monoisotopic (exact) mass is 338 g/mol. The van der Waals surface area contributed by atoms with E-state index in [9.17, 15) is 22.0 Å². The number of hydrogen-bond donors (Lipinski definition) is 0. The van der Waals surface area contributed by atoms with Gasteiger partial charge in [0.1, 0.15) is 0 Å². The van der Waals surface area contributed by atoms with E-state index in [4.69, 9.17) is 0 Å². The maximum absolute atomic E-state index is 14.1. The number of allylic oxidation sites excluding steroid dienone is 1. The molecular formula is C19H15F5. The van der Waals surface area contributed by atoms with Gasteiger partial charge < -0.3 is 0 Å². The van der Waals surface area contributed by atoms with Crippen LogP contribution in [0, 0.1) is 35.0 Å². The smallest absolute Gasteiger partial charge is 0.200 e. The molecule has 0 amide bonds. The van der Waals surface area contributed by atoms with E-state index in [1.54, 1.807) is 18.2 Å². The molecule has 0 nitrogen and oxygen atoms in total. The predicted octanol–water partition coefficient (Wildman–Crippen LogP) is 6.03. The van der Waals surface area contributed by atoms with E-state index >= 15 is 0 Å². The molecule has 1 unspecified atom stereocenters. The zero-order valence-electron chi connectivity index (χ0n) is 13.2. The lowest BCUT2D eigenvalue weighted by Gasteiger charge is -2.11. The van der Waals surface area contributed by atoms with Gasteiger partial charge in [-0.15, -0.1) is 0 Å². The van der Waals surface area contributed by atoms with Crippen LogP contribution in [0.1, 0.15) is 31.4 Å². The third kappa shape index (κ3) is 2.43. The minimum absolute atomic E-state index is 0.0265. The minimum Gasteiger partial charge on any atom is -0.203 e. The topological polar surface area (TPSA) is 0 Å². The maximum Gasteiger partial charge on any atom is 0.200 e. The summed E-state index contributed by atoms with van der Waals surface area (Å²) in [6, 6.07) is 4.75. The van der Waals surface area contributed by atoms with Crippen molar-refractivity contribution >= 4 is 6.08 Å². The van der Waals surface area contributed by atoms with Crippen molar-refractivity contribution in [2.75, 3.05) is 0 Å². The van der Waals surface area contributed by atoms with Gasteiger partial charge in [-0.1, -0.05) is 43.7 Å². The van der Waals surface area contributed by atoms with Crippen LogP contribution in [0.3, 0.4) is 0 Å². The lowest BCUT2D eigenvalue weighted by atomic mass is 9.95. The third-order valence-corrected chi connectivity index (χ3v) is 4.65. The second kappa shape index (κ2) is 6.04. The Morgan fingerprint density at radius 1 is 0.917 bits per heavy atom. The highest BCUT2D eigenvalue weighted by molar-refractivity contribution is 5.81. The molecule has 3 rings (SSSR count). The van der Waals surface area contributed by atoms with Crippen LogP contribution < -0.4 is 0 Å². The van der Waals surface area contributed by atoms with Crippen molar-refractivity contribution in [3.8, 4) is 11.1 Å². The van der Waals surface area contributed by atoms with E-state index in [0.717, 1.165) is 17.6 Å². The second-order valence-corrected chi connectivity index (χ2v) is 6.03. The van der Waals surface area contributed by atoms with Crippen LogP contribution in [0.4, 0.5) is 22.0 Å². The molecule has 126 valence electrons. The number of fused-ring (bicyclic) bond motifs is 1. The number of rotatable bonds is 3. The molecule has 1 aliphatic carbocycles. The number of hydrogen-bond acceptors (Lipinski definition) is 0. The summed E-state index contributed by atoms with van der Waals surface area (Å²) in [6.07, 6.45) is 3.32. The molecule has 0 aliphatic heterocycles. The quantitative estimate of drug-likeness (QED) is 0.364. The molecule has 0 heterocycles. The van der Waals surface area contributed by atoms with Gasteiger partial charge in [-0.05, 0) is 35.4 Å². The molecule has 2 aromatic rings. The fourth-order valence-electron chi connectivity index (χ4n) is 3.03. The molecule has 2 aromatic carbocycles. The molecule has 24 heavy (non-hydrogen) atoms. The van der Waals surface area contributed by atoms with Crippen LogP contribution in [0.15, 0.2) is 23.8 Å². The average molecular weight is 338 g/mol. The SMILES string of the molecule is CCC(C)C1=Cc2c(cccc2-c2c(F)c(F)c(F)c(F)c2F)C1. The number of benzene rings is 2. The van der Waals surface area contributed by atoms with Crippen LogP contribution >= 0.6 is 0 Å². The van der Waals surface area contributed by atoms with Crippen molar-refractivity contribution in [2.45, 2.75) is 26.7 Å². The van der Waals surface area contributed by atoms with Gasteiger partial charge in [-0.2, -0.15) is 0 Å². The predicted molar refractivity (Wildman–Crippen MR) is 82.8 cm³/mol. The van der Waals surface area contributed by atoms with Crippen LogP contribution in [0.2, 0.25) is 0 Å². The summed E-state index contributed by atoms with van der Waals surface area (Å²) in [7, 11) is 0. The Hall–Kier alpha value is -2.17. The Bertz CT molecular complexity index is 822. The summed E-state index contributed by atoms with van der Waals surface area (Å²) in [5.41, 5.74) is 1.59. The molecule has 5 heteroatoms. The van der Waals surface area contributed by atoms with Crippen molar-refractivity contribution in [3.05, 3.63) is 64.0 Å². The lowest BCUT2D eigenvalue weighted by molar-refractivity contribution is 0.381. The molecule has 0 spiro atoms. The van der Waals surface area contributed by atoms with E-state index in [0.29, 0.717) is 12.0 Å². The van der Waals surface area contributed by atoms with Crippen molar-refractivity contribution in [1.82, 2.24) is 0 Å².